The van der Waals surface area contributed by atoms with Crippen molar-refractivity contribution < 1.29 is 4.39 Å². The molecule has 0 saturated heterocycles. The Kier molecular flexibility index (Phi) is 1.33. The lowest BCUT2D eigenvalue weighted by molar-refractivity contribution is 0.628. The lowest BCUT2D eigenvalue weighted by Crippen LogP contribution is -1.98. The first-order valence-electron chi connectivity index (χ1n) is 2.51. The van der Waals surface area contributed by atoms with E-state index in [1.807, 2.05) is 7.85 Å². The Morgan fingerprint density at radius 2 is 1.62 bits per heavy atom. The minimum atomic E-state index is -0.171. The van der Waals surface area contributed by atoms with Gasteiger partial charge >= 0.3 is 0 Å². The van der Waals surface area contributed by atoms with Crippen LogP contribution >= 0.6 is 0 Å². The predicted molar refractivity (Wildman–Crippen MR) is 34.6 cm³/mol. The minimum absolute atomic E-state index is 0.171. The number of halogens is 1. The molecule has 0 radical (unpaired) electrons. The summed E-state index contributed by atoms with van der Waals surface area (Å²) < 4.78 is 12.1. The third kappa shape index (κ3) is 1.09. The van der Waals surface area contributed by atoms with E-state index in [4.69, 9.17) is 0 Å². The zero-order valence-electron chi connectivity index (χ0n) is 4.69. The van der Waals surface area contributed by atoms with Crippen LogP contribution in [0.25, 0.3) is 0 Å². The highest BCUT2D eigenvalue weighted by Crippen LogP contribution is 1.89. The first kappa shape index (κ1) is 5.35. The van der Waals surface area contributed by atoms with Crippen LogP contribution < -0.4 is 5.46 Å². The molecule has 0 spiro atoms. The van der Waals surface area contributed by atoms with E-state index >= 15 is 0 Å². The minimum Gasteiger partial charge on any atom is -0.207 e. The van der Waals surface area contributed by atoms with Crippen LogP contribution in [-0.2, 0) is 0 Å². The Morgan fingerprint density at radius 3 is 2.00 bits per heavy atom. The van der Waals surface area contributed by atoms with Crippen molar-refractivity contribution in [3.8, 4) is 0 Å². The van der Waals surface area contributed by atoms with E-state index in [-0.39, 0.29) is 5.82 Å². The molecule has 0 fully saturated rings. The van der Waals surface area contributed by atoms with Crippen LogP contribution in [0, 0.1) is 5.82 Å². The summed E-state index contributed by atoms with van der Waals surface area (Å²) >= 11 is 0. The van der Waals surface area contributed by atoms with Crippen LogP contribution in [0.4, 0.5) is 4.39 Å². The standard InChI is InChI=1S/C6H6BF/c7-5-1-3-6(8)4-2-5/h1-4H,7H2. The molecule has 0 saturated carbocycles. The van der Waals surface area contributed by atoms with Crippen LogP contribution in [0.3, 0.4) is 0 Å². The molecule has 0 atom stereocenters. The van der Waals surface area contributed by atoms with Gasteiger partial charge < -0.3 is 0 Å². The van der Waals surface area contributed by atoms with Crippen molar-refractivity contribution in [2.24, 2.45) is 0 Å². The molecule has 1 rings (SSSR count). The second-order valence-corrected chi connectivity index (χ2v) is 1.80. The summed E-state index contributed by atoms with van der Waals surface area (Å²) in [6.45, 7) is 0. The van der Waals surface area contributed by atoms with Crippen molar-refractivity contribution in [3.05, 3.63) is 30.1 Å². The van der Waals surface area contributed by atoms with E-state index in [1.165, 1.54) is 12.1 Å². The zero-order valence-corrected chi connectivity index (χ0v) is 4.69. The van der Waals surface area contributed by atoms with Crippen molar-refractivity contribution >= 4 is 13.3 Å². The van der Waals surface area contributed by atoms with Crippen molar-refractivity contribution in [3.63, 3.8) is 0 Å². The Bertz CT molecular complexity index is 147. The molecule has 0 bridgehead atoms. The lowest BCUT2D eigenvalue weighted by atomic mass is 9.97. The normalized spacial score (nSPS) is 9.12. The summed E-state index contributed by atoms with van der Waals surface area (Å²) in [5.74, 6) is -0.171. The van der Waals surface area contributed by atoms with E-state index in [2.05, 4.69) is 0 Å². The average molecular weight is 108 g/mol. The van der Waals surface area contributed by atoms with Gasteiger partial charge in [-0.05, 0) is 12.1 Å². The van der Waals surface area contributed by atoms with Crippen LogP contribution in [0.15, 0.2) is 24.3 Å². The van der Waals surface area contributed by atoms with E-state index < -0.39 is 0 Å². The van der Waals surface area contributed by atoms with Crippen molar-refractivity contribution in [1.82, 2.24) is 0 Å². The third-order valence-corrected chi connectivity index (χ3v) is 1.01. The Hall–Kier alpha value is -0.785. The lowest BCUT2D eigenvalue weighted by Gasteiger charge is -1.87. The fourth-order valence-electron chi connectivity index (χ4n) is 0.533. The Balaban J connectivity index is 3.03. The van der Waals surface area contributed by atoms with Gasteiger partial charge in [0.05, 0.1) is 0 Å². The Morgan fingerprint density at radius 1 is 1.12 bits per heavy atom. The molecule has 0 heterocycles. The second-order valence-electron chi connectivity index (χ2n) is 1.80. The molecule has 0 aliphatic heterocycles. The van der Waals surface area contributed by atoms with Gasteiger partial charge in [-0.1, -0.05) is 17.6 Å². The molecule has 8 heavy (non-hydrogen) atoms. The van der Waals surface area contributed by atoms with Gasteiger partial charge in [-0.25, -0.2) is 4.39 Å². The number of hydrogen-bond acceptors (Lipinski definition) is 0. The van der Waals surface area contributed by atoms with Gasteiger partial charge in [0.25, 0.3) is 0 Å². The maximum absolute atomic E-state index is 12.1. The summed E-state index contributed by atoms with van der Waals surface area (Å²) in [6.07, 6.45) is 0. The van der Waals surface area contributed by atoms with Crippen molar-refractivity contribution in [2.75, 3.05) is 0 Å². The van der Waals surface area contributed by atoms with Crippen LogP contribution in [0.5, 0.6) is 0 Å². The predicted octanol–water partition coefficient (Wildman–Crippen LogP) is 0.0841. The SMILES string of the molecule is Bc1ccc(F)cc1. The molecule has 1 aromatic rings. The summed E-state index contributed by atoms with van der Waals surface area (Å²) in [5, 5.41) is 0. The Labute approximate surface area is 48.7 Å². The molecule has 0 amide bonds. The van der Waals surface area contributed by atoms with E-state index in [1.54, 1.807) is 12.1 Å². The largest absolute Gasteiger partial charge is 0.207 e. The van der Waals surface area contributed by atoms with Crippen LogP contribution in [0.2, 0.25) is 0 Å². The molecule has 0 unspecified atom stereocenters. The van der Waals surface area contributed by atoms with Crippen LogP contribution in [0.1, 0.15) is 0 Å². The van der Waals surface area contributed by atoms with Gasteiger partial charge in [-0.2, -0.15) is 0 Å². The maximum atomic E-state index is 12.1. The summed E-state index contributed by atoms with van der Waals surface area (Å²) in [5.41, 5.74) is 1.09. The van der Waals surface area contributed by atoms with E-state index in [0.717, 1.165) is 5.46 Å². The monoisotopic (exact) mass is 108 g/mol. The second kappa shape index (κ2) is 1.99. The fourth-order valence-corrected chi connectivity index (χ4v) is 0.533. The van der Waals surface area contributed by atoms with Gasteiger partial charge in [0, 0.05) is 0 Å². The van der Waals surface area contributed by atoms with E-state index in [9.17, 15) is 4.39 Å². The number of benzene rings is 1. The van der Waals surface area contributed by atoms with E-state index in [0.29, 0.717) is 0 Å². The van der Waals surface area contributed by atoms with Crippen molar-refractivity contribution in [1.29, 1.82) is 0 Å². The molecule has 40 valence electrons. The molecular weight excluding hydrogens is 102 g/mol. The molecule has 0 N–H and O–H groups in total. The quantitative estimate of drug-likeness (QED) is 0.413. The van der Waals surface area contributed by atoms with Gasteiger partial charge in [0.15, 0.2) is 0 Å². The van der Waals surface area contributed by atoms with Gasteiger partial charge in [0.1, 0.15) is 13.7 Å². The molecule has 1 aromatic carbocycles. The highest BCUT2D eigenvalue weighted by Gasteiger charge is 1.83. The molecular formula is C6H6BF. The summed E-state index contributed by atoms with van der Waals surface area (Å²) in [4.78, 5) is 0. The molecule has 0 aliphatic rings. The number of hydrogen-bond donors (Lipinski definition) is 0. The summed E-state index contributed by atoms with van der Waals surface area (Å²) in [7, 11) is 1.93. The fraction of sp³-hybridized carbons (Fsp3) is 0. The third-order valence-electron chi connectivity index (χ3n) is 1.01. The number of rotatable bonds is 0. The zero-order chi connectivity index (χ0) is 5.98. The van der Waals surface area contributed by atoms with Crippen LogP contribution in [-0.4, -0.2) is 7.85 Å². The molecule has 0 aliphatic carbocycles. The van der Waals surface area contributed by atoms with Gasteiger partial charge in [0.2, 0.25) is 0 Å². The maximum Gasteiger partial charge on any atom is 0.139 e. The van der Waals surface area contributed by atoms with Crippen molar-refractivity contribution in [2.45, 2.75) is 0 Å². The smallest absolute Gasteiger partial charge is 0.139 e. The average Bonchev–Trinajstić information content (AvgIpc) is 1.77. The molecule has 2 heteroatoms. The van der Waals surface area contributed by atoms with Gasteiger partial charge in [-0.3, -0.25) is 0 Å². The topological polar surface area (TPSA) is 0 Å². The first-order chi connectivity index (χ1) is 3.79. The molecule has 0 aromatic heterocycles. The van der Waals surface area contributed by atoms with Gasteiger partial charge in [-0.15, -0.1) is 0 Å². The highest BCUT2D eigenvalue weighted by molar-refractivity contribution is 6.32. The summed E-state index contributed by atoms with van der Waals surface area (Å²) in [6, 6.07) is 6.40. The molecule has 0 nitrogen and oxygen atoms in total. The highest BCUT2D eigenvalue weighted by atomic mass is 19.1. The first-order valence-corrected chi connectivity index (χ1v) is 2.51.